The molecule has 1 aromatic heterocycles. The second-order valence-corrected chi connectivity index (χ2v) is 5.15. The van der Waals surface area contributed by atoms with Gasteiger partial charge in [-0.15, -0.1) is 0 Å². The van der Waals surface area contributed by atoms with Crippen LogP contribution in [0.25, 0.3) is 0 Å². The van der Waals surface area contributed by atoms with Crippen molar-refractivity contribution in [1.82, 2.24) is 4.98 Å². The lowest BCUT2D eigenvalue weighted by molar-refractivity contribution is 1.11. The molecule has 0 spiro atoms. The molecule has 2 rings (SSSR count). The van der Waals surface area contributed by atoms with Crippen molar-refractivity contribution in [1.29, 1.82) is 0 Å². The summed E-state index contributed by atoms with van der Waals surface area (Å²) in [6.45, 7) is 2.79. The Morgan fingerprint density at radius 2 is 2.00 bits per heavy atom. The van der Waals surface area contributed by atoms with Gasteiger partial charge in [0.05, 0.1) is 5.02 Å². The van der Waals surface area contributed by atoms with Crippen LogP contribution in [0, 0.1) is 6.92 Å². The molecule has 1 aromatic carbocycles. The van der Waals surface area contributed by atoms with Gasteiger partial charge in [0.15, 0.2) is 0 Å². The summed E-state index contributed by atoms with van der Waals surface area (Å²) >= 11 is 9.39. The van der Waals surface area contributed by atoms with E-state index in [4.69, 9.17) is 11.6 Å². The van der Waals surface area contributed by atoms with Crippen molar-refractivity contribution in [3.8, 4) is 0 Å². The van der Waals surface area contributed by atoms with Gasteiger partial charge in [0.1, 0.15) is 5.82 Å². The lowest BCUT2D eigenvalue weighted by Gasteiger charge is -2.07. The van der Waals surface area contributed by atoms with E-state index in [1.54, 1.807) is 6.20 Å². The van der Waals surface area contributed by atoms with E-state index in [0.717, 1.165) is 4.47 Å². The average Bonchev–Trinajstić information content (AvgIpc) is 2.30. The summed E-state index contributed by atoms with van der Waals surface area (Å²) in [6.07, 6.45) is 1.73. The van der Waals surface area contributed by atoms with E-state index >= 15 is 0 Å². The fourth-order valence-electron chi connectivity index (χ4n) is 1.44. The van der Waals surface area contributed by atoms with E-state index in [-0.39, 0.29) is 0 Å². The highest BCUT2D eigenvalue weighted by molar-refractivity contribution is 9.10. The van der Waals surface area contributed by atoms with E-state index in [1.807, 2.05) is 6.07 Å². The van der Waals surface area contributed by atoms with Gasteiger partial charge in [-0.25, -0.2) is 4.98 Å². The third kappa shape index (κ3) is 3.45. The molecule has 0 aliphatic carbocycles. The second kappa shape index (κ2) is 5.52. The van der Waals surface area contributed by atoms with Crippen LogP contribution in [-0.4, -0.2) is 4.98 Å². The van der Waals surface area contributed by atoms with E-state index in [1.165, 1.54) is 11.1 Å². The van der Waals surface area contributed by atoms with Crippen LogP contribution in [0.4, 0.5) is 5.82 Å². The third-order valence-corrected chi connectivity index (χ3v) is 3.11. The summed E-state index contributed by atoms with van der Waals surface area (Å²) in [4.78, 5) is 4.22. The Kier molecular flexibility index (Phi) is 4.02. The Labute approximate surface area is 114 Å². The average molecular weight is 312 g/mol. The molecule has 0 saturated carbocycles. The van der Waals surface area contributed by atoms with Gasteiger partial charge in [-0.2, -0.15) is 0 Å². The van der Waals surface area contributed by atoms with Gasteiger partial charge >= 0.3 is 0 Å². The number of hydrogen-bond donors (Lipinski definition) is 1. The van der Waals surface area contributed by atoms with Crippen molar-refractivity contribution in [2.24, 2.45) is 0 Å². The molecule has 4 heteroatoms. The maximum absolute atomic E-state index is 6.07. The van der Waals surface area contributed by atoms with E-state index in [2.05, 4.69) is 57.4 Å². The molecule has 17 heavy (non-hydrogen) atoms. The monoisotopic (exact) mass is 310 g/mol. The van der Waals surface area contributed by atoms with Crippen LogP contribution >= 0.6 is 27.5 Å². The molecule has 1 N–H and O–H groups in total. The minimum Gasteiger partial charge on any atom is -0.365 e. The highest BCUT2D eigenvalue weighted by atomic mass is 79.9. The van der Waals surface area contributed by atoms with Crippen LogP contribution in [0.3, 0.4) is 0 Å². The highest BCUT2D eigenvalue weighted by Gasteiger charge is 2.02. The maximum atomic E-state index is 6.07. The van der Waals surface area contributed by atoms with Crippen molar-refractivity contribution in [3.63, 3.8) is 0 Å². The summed E-state index contributed by atoms with van der Waals surface area (Å²) in [5, 5.41) is 3.83. The van der Waals surface area contributed by atoms with Crippen molar-refractivity contribution >= 4 is 33.3 Å². The fraction of sp³-hybridized carbons (Fsp3) is 0.154. The van der Waals surface area contributed by atoms with E-state index < -0.39 is 0 Å². The predicted octanol–water partition coefficient (Wildman–Crippen LogP) is 4.42. The Bertz CT molecular complexity index is 511. The first kappa shape index (κ1) is 12.4. The molecule has 0 aliphatic heterocycles. The number of aromatic nitrogens is 1. The molecule has 0 unspecified atom stereocenters. The van der Waals surface area contributed by atoms with Gasteiger partial charge < -0.3 is 5.32 Å². The maximum Gasteiger partial charge on any atom is 0.145 e. The molecule has 2 nitrogen and oxygen atoms in total. The SMILES string of the molecule is Cc1ccc(CNc2ncc(Br)cc2Cl)cc1. The molecule has 1 heterocycles. The Morgan fingerprint density at radius 3 is 2.65 bits per heavy atom. The molecule has 0 atom stereocenters. The number of pyridine rings is 1. The van der Waals surface area contributed by atoms with Gasteiger partial charge in [-0.05, 0) is 34.5 Å². The first-order valence-corrected chi connectivity index (χ1v) is 6.43. The Morgan fingerprint density at radius 1 is 1.29 bits per heavy atom. The summed E-state index contributed by atoms with van der Waals surface area (Å²) in [6, 6.07) is 10.2. The molecule has 0 radical (unpaired) electrons. The fourth-order valence-corrected chi connectivity index (χ4v) is 2.13. The largest absolute Gasteiger partial charge is 0.365 e. The first-order valence-electron chi connectivity index (χ1n) is 5.25. The predicted molar refractivity (Wildman–Crippen MR) is 75.5 cm³/mol. The molecular weight excluding hydrogens is 300 g/mol. The van der Waals surface area contributed by atoms with Gasteiger partial charge in [-0.1, -0.05) is 41.4 Å². The summed E-state index contributed by atoms with van der Waals surface area (Å²) < 4.78 is 0.878. The zero-order chi connectivity index (χ0) is 12.3. The lowest BCUT2D eigenvalue weighted by atomic mass is 10.1. The topological polar surface area (TPSA) is 24.9 Å². The molecule has 0 fully saturated rings. The molecule has 2 aromatic rings. The van der Waals surface area contributed by atoms with Gasteiger partial charge in [0.25, 0.3) is 0 Å². The Balaban J connectivity index is 2.04. The molecule has 0 saturated heterocycles. The number of anilines is 1. The number of halogens is 2. The van der Waals surface area contributed by atoms with E-state index in [0.29, 0.717) is 17.4 Å². The molecule has 0 bridgehead atoms. The lowest BCUT2D eigenvalue weighted by Crippen LogP contribution is -2.01. The normalized spacial score (nSPS) is 10.3. The smallest absolute Gasteiger partial charge is 0.145 e. The standard InChI is InChI=1S/C13H12BrClN2/c1-9-2-4-10(5-3-9)7-16-13-12(15)6-11(14)8-17-13/h2-6,8H,7H2,1H3,(H,16,17). The number of benzene rings is 1. The number of nitrogens with zero attached hydrogens (tertiary/aromatic N) is 1. The molecule has 88 valence electrons. The molecule has 0 aliphatic rings. The zero-order valence-electron chi connectivity index (χ0n) is 9.37. The van der Waals surface area contributed by atoms with Crippen LogP contribution in [-0.2, 0) is 6.54 Å². The molecular formula is C13H12BrClN2. The Hall–Kier alpha value is -1.06. The summed E-state index contributed by atoms with van der Waals surface area (Å²) in [7, 11) is 0. The van der Waals surface area contributed by atoms with Crippen LogP contribution in [0.5, 0.6) is 0 Å². The highest BCUT2D eigenvalue weighted by Crippen LogP contribution is 2.23. The van der Waals surface area contributed by atoms with Crippen LogP contribution in [0.15, 0.2) is 41.0 Å². The third-order valence-electron chi connectivity index (χ3n) is 2.39. The van der Waals surface area contributed by atoms with Crippen molar-refractivity contribution in [3.05, 3.63) is 57.2 Å². The summed E-state index contributed by atoms with van der Waals surface area (Å²) in [5.74, 6) is 0.704. The first-order chi connectivity index (χ1) is 8.15. The van der Waals surface area contributed by atoms with Crippen LogP contribution in [0.2, 0.25) is 5.02 Å². The number of hydrogen-bond acceptors (Lipinski definition) is 2. The van der Waals surface area contributed by atoms with Crippen molar-refractivity contribution in [2.75, 3.05) is 5.32 Å². The van der Waals surface area contributed by atoms with Gasteiger partial charge in [-0.3, -0.25) is 0 Å². The zero-order valence-corrected chi connectivity index (χ0v) is 11.7. The van der Waals surface area contributed by atoms with Gasteiger partial charge in [0.2, 0.25) is 0 Å². The summed E-state index contributed by atoms with van der Waals surface area (Å²) in [5.41, 5.74) is 2.46. The van der Waals surface area contributed by atoms with Crippen molar-refractivity contribution < 1.29 is 0 Å². The number of rotatable bonds is 3. The van der Waals surface area contributed by atoms with Gasteiger partial charge in [0, 0.05) is 17.2 Å². The minimum absolute atomic E-state index is 0.617. The van der Waals surface area contributed by atoms with Crippen LogP contribution < -0.4 is 5.32 Å². The quantitative estimate of drug-likeness (QED) is 0.907. The second-order valence-electron chi connectivity index (χ2n) is 3.82. The minimum atomic E-state index is 0.617. The number of aryl methyl sites for hydroxylation is 1. The number of nitrogens with one attached hydrogen (secondary N) is 1. The molecule has 0 amide bonds. The van der Waals surface area contributed by atoms with Crippen LogP contribution in [0.1, 0.15) is 11.1 Å². The van der Waals surface area contributed by atoms with E-state index in [9.17, 15) is 0 Å². The van der Waals surface area contributed by atoms with Crippen molar-refractivity contribution in [2.45, 2.75) is 13.5 Å².